The van der Waals surface area contributed by atoms with Gasteiger partial charge in [-0.25, -0.2) is 9.97 Å². The largest absolute Gasteiger partial charge is 0.373 e. The fraction of sp³-hybridized carbons (Fsp3) is 0.316. The van der Waals surface area contributed by atoms with E-state index in [0.29, 0.717) is 41.6 Å². The third kappa shape index (κ3) is 3.56. The number of likely N-dealkylation sites (N-methyl/N-ethyl adjacent to an activating group) is 1. The first-order valence-electron chi connectivity index (χ1n) is 9.29. The maximum absolute atomic E-state index is 12.8. The smallest absolute Gasteiger partial charge is 0.257 e. The lowest BCUT2D eigenvalue weighted by atomic mass is 10.2. The standard InChI is InChI=1S/C19H22N8O2/c1-11-5-4-6-14(22-11)24-15-9-16(20-2)27-17(25-15)12(10-21-27)18(28)23-13-7-8-26(3)19(13)29/h4-6,9-10,13,20H,7-8H2,1-3H3,(H,23,28)(H,22,24,25)/t13-/m1/s1. The number of amides is 2. The quantitative estimate of drug-likeness (QED) is 0.595. The highest BCUT2D eigenvalue weighted by Crippen LogP contribution is 2.21. The molecule has 3 aromatic rings. The lowest BCUT2D eigenvalue weighted by Gasteiger charge is -2.12. The molecular weight excluding hydrogens is 372 g/mol. The minimum Gasteiger partial charge on any atom is -0.373 e. The number of aryl methyl sites for hydroxylation is 1. The minimum absolute atomic E-state index is 0.0911. The zero-order chi connectivity index (χ0) is 20.5. The van der Waals surface area contributed by atoms with Crippen LogP contribution in [0.25, 0.3) is 5.65 Å². The normalized spacial score (nSPS) is 16.3. The van der Waals surface area contributed by atoms with Gasteiger partial charge in [0.1, 0.15) is 29.1 Å². The monoisotopic (exact) mass is 394 g/mol. The molecule has 0 aliphatic carbocycles. The van der Waals surface area contributed by atoms with E-state index in [1.54, 1.807) is 29.6 Å². The molecule has 0 saturated carbocycles. The molecule has 0 aromatic carbocycles. The molecule has 4 heterocycles. The number of nitrogens with zero attached hydrogens (tertiary/aromatic N) is 5. The van der Waals surface area contributed by atoms with Crippen LogP contribution in [0.1, 0.15) is 22.5 Å². The van der Waals surface area contributed by atoms with Gasteiger partial charge < -0.3 is 20.9 Å². The summed E-state index contributed by atoms with van der Waals surface area (Å²) in [5.41, 5.74) is 1.55. The summed E-state index contributed by atoms with van der Waals surface area (Å²) in [6.45, 7) is 2.53. The summed E-state index contributed by atoms with van der Waals surface area (Å²) in [6, 6.07) is 6.90. The van der Waals surface area contributed by atoms with Gasteiger partial charge in [-0.2, -0.15) is 9.61 Å². The summed E-state index contributed by atoms with van der Waals surface area (Å²) in [6.07, 6.45) is 2.04. The Balaban J connectivity index is 1.66. The van der Waals surface area contributed by atoms with Gasteiger partial charge in [0.15, 0.2) is 5.65 Å². The number of likely N-dealkylation sites (tertiary alicyclic amines) is 1. The second-order valence-electron chi connectivity index (χ2n) is 6.93. The van der Waals surface area contributed by atoms with E-state index in [-0.39, 0.29) is 11.8 Å². The molecule has 1 saturated heterocycles. The second kappa shape index (κ2) is 7.38. The number of anilines is 3. The first-order chi connectivity index (χ1) is 14.0. The molecule has 0 bridgehead atoms. The van der Waals surface area contributed by atoms with Crippen molar-refractivity contribution in [1.82, 2.24) is 29.8 Å². The maximum Gasteiger partial charge on any atom is 0.257 e. The Hall–Kier alpha value is -3.69. The third-order valence-corrected chi connectivity index (χ3v) is 4.85. The second-order valence-corrected chi connectivity index (χ2v) is 6.93. The highest BCUT2D eigenvalue weighted by molar-refractivity contribution is 6.02. The van der Waals surface area contributed by atoms with Crippen LogP contribution in [0.15, 0.2) is 30.5 Å². The SMILES string of the molecule is CNc1cc(Nc2cccc(C)n2)nc2c(C(=O)N[C@@H]3CCN(C)C3=O)cnn12. The van der Waals surface area contributed by atoms with E-state index in [9.17, 15) is 9.59 Å². The number of hydrogen-bond donors (Lipinski definition) is 3. The molecule has 2 amide bonds. The first kappa shape index (κ1) is 18.7. The number of nitrogens with one attached hydrogen (secondary N) is 3. The van der Waals surface area contributed by atoms with Crippen LogP contribution in [-0.4, -0.2) is 63.0 Å². The maximum atomic E-state index is 12.8. The summed E-state index contributed by atoms with van der Waals surface area (Å²) < 4.78 is 1.55. The van der Waals surface area contributed by atoms with Gasteiger partial charge in [0, 0.05) is 32.4 Å². The molecule has 0 spiro atoms. The van der Waals surface area contributed by atoms with Crippen LogP contribution in [0.5, 0.6) is 0 Å². The molecule has 0 unspecified atom stereocenters. The Kier molecular flexibility index (Phi) is 4.75. The lowest BCUT2D eigenvalue weighted by molar-refractivity contribution is -0.128. The van der Waals surface area contributed by atoms with Crippen molar-refractivity contribution in [2.24, 2.45) is 0 Å². The van der Waals surface area contributed by atoms with Gasteiger partial charge in [-0.15, -0.1) is 0 Å². The number of rotatable bonds is 5. The number of fused-ring (bicyclic) bond motifs is 1. The minimum atomic E-state index is -0.524. The summed E-state index contributed by atoms with van der Waals surface area (Å²) in [5.74, 6) is 1.35. The number of hydrogen-bond acceptors (Lipinski definition) is 7. The summed E-state index contributed by atoms with van der Waals surface area (Å²) in [5, 5.41) is 13.3. The lowest BCUT2D eigenvalue weighted by Crippen LogP contribution is -2.40. The number of pyridine rings is 1. The highest BCUT2D eigenvalue weighted by atomic mass is 16.2. The average Bonchev–Trinajstić information content (AvgIpc) is 3.26. The molecule has 0 radical (unpaired) electrons. The van der Waals surface area contributed by atoms with Gasteiger partial charge in [0.2, 0.25) is 5.91 Å². The van der Waals surface area contributed by atoms with Crippen molar-refractivity contribution in [2.45, 2.75) is 19.4 Å². The molecule has 29 heavy (non-hydrogen) atoms. The van der Waals surface area contributed by atoms with Gasteiger partial charge in [-0.05, 0) is 25.5 Å². The Morgan fingerprint density at radius 3 is 2.76 bits per heavy atom. The molecule has 1 fully saturated rings. The number of carbonyl (C=O) groups excluding carboxylic acids is 2. The van der Waals surface area contributed by atoms with Crippen LogP contribution >= 0.6 is 0 Å². The van der Waals surface area contributed by atoms with Crippen molar-refractivity contribution >= 4 is 34.9 Å². The van der Waals surface area contributed by atoms with E-state index < -0.39 is 6.04 Å². The van der Waals surface area contributed by atoms with E-state index in [4.69, 9.17) is 0 Å². The molecule has 1 aliphatic heterocycles. The fourth-order valence-corrected chi connectivity index (χ4v) is 3.30. The van der Waals surface area contributed by atoms with Crippen molar-refractivity contribution in [3.8, 4) is 0 Å². The first-order valence-corrected chi connectivity index (χ1v) is 9.29. The molecule has 1 atom stereocenters. The van der Waals surface area contributed by atoms with Crippen molar-refractivity contribution in [3.05, 3.63) is 41.7 Å². The van der Waals surface area contributed by atoms with Crippen LogP contribution in [0.4, 0.5) is 17.5 Å². The van der Waals surface area contributed by atoms with Gasteiger partial charge in [-0.3, -0.25) is 9.59 Å². The van der Waals surface area contributed by atoms with Gasteiger partial charge in [0.25, 0.3) is 5.91 Å². The zero-order valence-electron chi connectivity index (χ0n) is 16.4. The Bertz CT molecular complexity index is 1090. The van der Waals surface area contributed by atoms with Crippen LogP contribution in [0.2, 0.25) is 0 Å². The zero-order valence-corrected chi connectivity index (χ0v) is 16.4. The molecule has 10 nitrogen and oxygen atoms in total. The molecular formula is C19H22N8O2. The average molecular weight is 394 g/mol. The van der Waals surface area contributed by atoms with Crippen molar-refractivity contribution in [2.75, 3.05) is 31.3 Å². The molecule has 10 heteroatoms. The molecule has 4 rings (SSSR count). The third-order valence-electron chi connectivity index (χ3n) is 4.85. The summed E-state index contributed by atoms with van der Waals surface area (Å²) >= 11 is 0. The van der Waals surface area contributed by atoms with Gasteiger partial charge >= 0.3 is 0 Å². The van der Waals surface area contributed by atoms with Crippen molar-refractivity contribution in [1.29, 1.82) is 0 Å². The highest BCUT2D eigenvalue weighted by Gasteiger charge is 2.31. The van der Waals surface area contributed by atoms with Crippen molar-refractivity contribution < 1.29 is 9.59 Å². The van der Waals surface area contributed by atoms with Crippen LogP contribution in [0, 0.1) is 6.92 Å². The summed E-state index contributed by atoms with van der Waals surface area (Å²) in [4.78, 5) is 35.5. The topological polar surface area (TPSA) is 117 Å². The molecule has 3 aromatic heterocycles. The van der Waals surface area contributed by atoms with Crippen LogP contribution in [-0.2, 0) is 4.79 Å². The van der Waals surface area contributed by atoms with E-state index >= 15 is 0 Å². The van der Waals surface area contributed by atoms with E-state index in [1.807, 2.05) is 25.1 Å². The summed E-state index contributed by atoms with van der Waals surface area (Å²) in [7, 11) is 3.49. The van der Waals surface area contributed by atoms with Crippen LogP contribution in [0.3, 0.4) is 0 Å². The Morgan fingerprint density at radius 2 is 2.07 bits per heavy atom. The van der Waals surface area contributed by atoms with Crippen molar-refractivity contribution in [3.63, 3.8) is 0 Å². The Morgan fingerprint density at radius 1 is 1.24 bits per heavy atom. The molecule has 150 valence electrons. The van der Waals surface area contributed by atoms with Crippen LogP contribution < -0.4 is 16.0 Å². The predicted molar refractivity (Wildman–Crippen MR) is 108 cm³/mol. The van der Waals surface area contributed by atoms with E-state index in [1.165, 1.54) is 6.20 Å². The fourth-order valence-electron chi connectivity index (χ4n) is 3.30. The molecule has 3 N–H and O–H groups in total. The number of carbonyl (C=O) groups is 2. The van der Waals surface area contributed by atoms with Gasteiger partial charge in [-0.1, -0.05) is 6.07 Å². The van der Waals surface area contributed by atoms with E-state index in [2.05, 4.69) is 31.0 Å². The predicted octanol–water partition coefficient (Wildman–Crippen LogP) is 1.18. The number of aromatic nitrogens is 4. The van der Waals surface area contributed by atoms with E-state index in [0.717, 1.165) is 5.69 Å². The Labute approximate surface area is 167 Å². The van der Waals surface area contributed by atoms with Gasteiger partial charge in [0.05, 0.1) is 6.20 Å². The molecule has 1 aliphatic rings.